The summed E-state index contributed by atoms with van der Waals surface area (Å²) in [5.41, 5.74) is 2.42. The smallest absolute Gasteiger partial charge is 0.251 e. The van der Waals surface area contributed by atoms with Gasteiger partial charge in [-0.2, -0.15) is 0 Å². The van der Waals surface area contributed by atoms with E-state index in [4.69, 9.17) is 4.98 Å². The van der Waals surface area contributed by atoms with Crippen LogP contribution < -0.4 is 10.2 Å². The molecule has 0 saturated carbocycles. The van der Waals surface area contributed by atoms with Gasteiger partial charge in [0.15, 0.2) is 0 Å². The Balaban J connectivity index is 1.82. The lowest BCUT2D eigenvalue weighted by Gasteiger charge is -2.33. The molecule has 1 fully saturated rings. The summed E-state index contributed by atoms with van der Waals surface area (Å²) in [6.45, 7) is 4.87. The van der Waals surface area contributed by atoms with E-state index in [1.807, 2.05) is 11.0 Å². The van der Waals surface area contributed by atoms with E-state index in [0.717, 1.165) is 31.0 Å². The third-order valence-electron chi connectivity index (χ3n) is 4.30. The van der Waals surface area contributed by atoms with Gasteiger partial charge < -0.3 is 10.2 Å². The van der Waals surface area contributed by atoms with Gasteiger partial charge in [-0.3, -0.25) is 0 Å². The number of nitrogens with one attached hydrogen (secondary N) is 1. The van der Waals surface area contributed by atoms with Crippen molar-refractivity contribution in [3.8, 4) is 0 Å². The van der Waals surface area contributed by atoms with Gasteiger partial charge in [0.05, 0.1) is 5.69 Å². The molecule has 3 rings (SSSR count). The van der Waals surface area contributed by atoms with Crippen molar-refractivity contribution >= 4 is 5.82 Å². The van der Waals surface area contributed by atoms with Crippen LogP contribution in [0.3, 0.4) is 0 Å². The molecule has 3 heterocycles. The molecule has 1 atom stereocenters. The molecule has 20 heavy (non-hydrogen) atoms. The van der Waals surface area contributed by atoms with Crippen molar-refractivity contribution in [1.82, 2.24) is 10.3 Å². The number of rotatable bonds is 1. The van der Waals surface area contributed by atoms with Gasteiger partial charge in [-0.1, -0.05) is 13.0 Å². The maximum absolute atomic E-state index is 13.2. The van der Waals surface area contributed by atoms with E-state index in [9.17, 15) is 8.78 Å². The van der Waals surface area contributed by atoms with Crippen LogP contribution in [0.2, 0.25) is 0 Å². The van der Waals surface area contributed by atoms with Gasteiger partial charge in [-0.25, -0.2) is 13.8 Å². The van der Waals surface area contributed by atoms with Crippen LogP contribution in [-0.4, -0.2) is 37.1 Å². The fraction of sp³-hybridized carbons (Fsp3) is 0.667. The second-order valence-corrected chi connectivity index (χ2v) is 5.91. The zero-order valence-electron chi connectivity index (χ0n) is 11.8. The predicted octanol–water partition coefficient (Wildman–Crippen LogP) is 2.57. The molecule has 0 unspecified atom stereocenters. The summed E-state index contributed by atoms with van der Waals surface area (Å²) in [5.74, 6) is -1.27. The van der Waals surface area contributed by atoms with Gasteiger partial charge in [0.1, 0.15) is 5.82 Å². The van der Waals surface area contributed by atoms with Gasteiger partial charge in [0, 0.05) is 38.4 Å². The number of alkyl halides is 2. The lowest BCUT2D eigenvalue weighted by molar-refractivity contribution is -0.0221. The average molecular weight is 281 g/mol. The third-order valence-corrected chi connectivity index (χ3v) is 4.30. The second-order valence-electron chi connectivity index (χ2n) is 5.91. The highest BCUT2D eigenvalue weighted by Crippen LogP contribution is 2.31. The van der Waals surface area contributed by atoms with Crippen LogP contribution in [0.15, 0.2) is 12.1 Å². The van der Waals surface area contributed by atoms with Gasteiger partial charge in [0.25, 0.3) is 5.92 Å². The summed E-state index contributed by atoms with van der Waals surface area (Å²) < 4.78 is 26.5. The van der Waals surface area contributed by atoms with E-state index < -0.39 is 5.92 Å². The fourth-order valence-electron chi connectivity index (χ4n) is 3.01. The number of pyridine rings is 1. The summed E-state index contributed by atoms with van der Waals surface area (Å²) in [4.78, 5) is 6.76. The summed E-state index contributed by atoms with van der Waals surface area (Å²) in [7, 11) is 0. The Bertz CT molecular complexity index is 480. The normalized spacial score (nSPS) is 25.9. The predicted molar refractivity (Wildman–Crippen MR) is 75.6 cm³/mol. The molecule has 0 radical (unpaired) electrons. The van der Waals surface area contributed by atoms with Crippen molar-refractivity contribution in [2.75, 3.05) is 31.1 Å². The summed E-state index contributed by atoms with van der Waals surface area (Å²) in [6.07, 6.45) is 0.858. The van der Waals surface area contributed by atoms with Gasteiger partial charge in [-0.15, -0.1) is 0 Å². The fourth-order valence-corrected chi connectivity index (χ4v) is 3.01. The number of hydrogen-bond donors (Lipinski definition) is 1. The highest BCUT2D eigenvalue weighted by atomic mass is 19.3. The molecule has 0 aromatic carbocycles. The van der Waals surface area contributed by atoms with E-state index in [2.05, 4.69) is 18.3 Å². The average Bonchev–Trinajstić information content (AvgIpc) is 2.61. The Morgan fingerprint density at radius 1 is 1.30 bits per heavy atom. The summed E-state index contributed by atoms with van der Waals surface area (Å²) >= 11 is 0. The highest BCUT2D eigenvalue weighted by molar-refractivity contribution is 5.43. The van der Waals surface area contributed by atoms with Gasteiger partial charge in [-0.05, 0) is 24.6 Å². The Hall–Kier alpha value is -1.23. The number of fused-ring (bicyclic) bond motifs is 1. The monoisotopic (exact) mass is 281 g/mol. The largest absolute Gasteiger partial charge is 0.356 e. The maximum atomic E-state index is 13.2. The molecular formula is C15H21F2N3. The van der Waals surface area contributed by atoms with E-state index in [-0.39, 0.29) is 12.8 Å². The number of nitrogens with zero attached hydrogens (tertiary/aromatic N) is 2. The molecule has 1 aromatic heterocycles. The summed E-state index contributed by atoms with van der Waals surface area (Å²) in [6, 6.07) is 4.11. The van der Waals surface area contributed by atoms with Crippen molar-refractivity contribution in [2.45, 2.75) is 38.0 Å². The molecule has 1 aromatic rings. The zero-order chi connectivity index (χ0) is 14.2. The lowest BCUT2D eigenvalue weighted by atomic mass is 10.0. The Morgan fingerprint density at radius 3 is 2.80 bits per heavy atom. The molecule has 2 aliphatic heterocycles. The SMILES string of the molecule is C[C@@H]1CNCCc2ccc(N3CCC(F)(F)CC3)nc21. The number of hydrogen-bond acceptors (Lipinski definition) is 3. The summed E-state index contributed by atoms with van der Waals surface area (Å²) in [5, 5.41) is 3.40. The molecule has 0 spiro atoms. The van der Waals surface area contributed by atoms with Crippen LogP contribution in [0, 0.1) is 0 Å². The Kier molecular flexibility index (Phi) is 3.63. The van der Waals surface area contributed by atoms with Crippen LogP contribution in [-0.2, 0) is 6.42 Å². The number of halogens is 2. The van der Waals surface area contributed by atoms with Crippen LogP contribution in [0.1, 0.15) is 36.9 Å². The van der Waals surface area contributed by atoms with Crippen LogP contribution in [0.4, 0.5) is 14.6 Å². The lowest BCUT2D eigenvalue weighted by Crippen LogP contribution is -2.39. The highest BCUT2D eigenvalue weighted by Gasteiger charge is 2.34. The number of anilines is 1. The first-order valence-electron chi connectivity index (χ1n) is 7.38. The van der Waals surface area contributed by atoms with Crippen molar-refractivity contribution in [3.05, 3.63) is 23.4 Å². The minimum atomic E-state index is -2.50. The molecule has 0 bridgehead atoms. The third kappa shape index (κ3) is 2.77. The van der Waals surface area contributed by atoms with E-state index >= 15 is 0 Å². The Morgan fingerprint density at radius 2 is 2.05 bits per heavy atom. The second kappa shape index (κ2) is 5.28. The van der Waals surface area contributed by atoms with Crippen molar-refractivity contribution < 1.29 is 8.78 Å². The molecule has 2 aliphatic rings. The minimum absolute atomic E-state index is 0.0666. The van der Waals surface area contributed by atoms with E-state index in [0.29, 0.717) is 19.0 Å². The maximum Gasteiger partial charge on any atom is 0.251 e. The molecule has 5 heteroatoms. The molecule has 110 valence electrons. The van der Waals surface area contributed by atoms with Crippen molar-refractivity contribution in [3.63, 3.8) is 0 Å². The van der Waals surface area contributed by atoms with Crippen LogP contribution >= 0.6 is 0 Å². The molecule has 0 aliphatic carbocycles. The first kappa shape index (κ1) is 13.7. The van der Waals surface area contributed by atoms with Crippen LogP contribution in [0.5, 0.6) is 0 Å². The molecule has 0 amide bonds. The number of aromatic nitrogens is 1. The molecule has 3 nitrogen and oxygen atoms in total. The number of piperidine rings is 1. The van der Waals surface area contributed by atoms with Gasteiger partial charge in [0.2, 0.25) is 0 Å². The molecular weight excluding hydrogens is 260 g/mol. The van der Waals surface area contributed by atoms with Crippen molar-refractivity contribution in [2.24, 2.45) is 0 Å². The van der Waals surface area contributed by atoms with E-state index in [1.54, 1.807) is 0 Å². The quantitative estimate of drug-likeness (QED) is 0.857. The molecule has 1 saturated heterocycles. The molecule has 1 N–H and O–H groups in total. The minimum Gasteiger partial charge on any atom is -0.356 e. The first-order chi connectivity index (χ1) is 9.55. The van der Waals surface area contributed by atoms with Gasteiger partial charge >= 0.3 is 0 Å². The van der Waals surface area contributed by atoms with Crippen LogP contribution in [0.25, 0.3) is 0 Å². The van der Waals surface area contributed by atoms with E-state index in [1.165, 1.54) is 5.56 Å². The van der Waals surface area contributed by atoms with Crippen molar-refractivity contribution in [1.29, 1.82) is 0 Å². The zero-order valence-corrected chi connectivity index (χ0v) is 11.8. The Labute approximate surface area is 118 Å². The standard InChI is InChI=1S/C15H21F2N3/c1-11-10-18-7-4-12-2-3-13(19-14(11)12)20-8-5-15(16,17)6-9-20/h2-3,11,18H,4-10H2,1H3/t11-/m1/s1. The first-order valence-corrected chi connectivity index (χ1v) is 7.38. The topological polar surface area (TPSA) is 28.2 Å².